The van der Waals surface area contributed by atoms with Crippen molar-refractivity contribution in [3.63, 3.8) is 0 Å². The van der Waals surface area contributed by atoms with Gasteiger partial charge in [-0.3, -0.25) is 9.59 Å². The molecule has 1 unspecified atom stereocenters. The van der Waals surface area contributed by atoms with Gasteiger partial charge in [0.25, 0.3) is 6.47 Å². The van der Waals surface area contributed by atoms with Crippen molar-refractivity contribution >= 4 is 29.5 Å². The van der Waals surface area contributed by atoms with Crippen LogP contribution in [0.1, 0.15) is 23.3 Å². The quantitative estimate of drug-likeness (QED) is 0.784. The van der Waals surface area contributed by atoms with Gasteiger partial charge in [-0.05, 0) is 17.7 Å². The summed E-state index contributed by atoms with van der Waals surface area (Å²) in [6.07, 6.45) is 1.53. The highest BCUT2D eigenvalue weighted by atomic mass is 32.1. The summed E-state index contributed by atoms with van der Waals surface area (Å²) >= 11 is 1.26. The fourth-order valence-electron chi connectivity index (χ4n) is 1.86. The number of pyridine rings is 1. The summed E-state index contributed by atoms with van der Waals surface area (Å²) in [5.41, 5.74) is 2.25. The maximum Gasteiger partial charge on any atom is 0.293 e. The second-order valence-corrected chi connectivity index (χ2v) is 5.06. The average Bonchev–Trinajstić information content (AvgIpc) is 2.85. The zero-order valence-electron chi connectivity index (χ0n) is 11.1. The van der Waals surface area contributed by atoms with Crippen LogP contribution < -0.4 is 5.32 Å². The molecule has 2 heterocycles. The number of carbonyl (C=O) groups is 2. The normalized spacial score (nSPS) is 11.7. The zero-order chi connectivity index (χ0) is 15.2. The average molecular weight is 307 g/mol. The van der Waals surface area contributed by atoms with Gasteiger partial charge >= 0.3 is 0 Å². The molecule has 21 heavy (non-hydrogen) atoms. The van der Waals surface area contributed by atoms with Crippen LogP contribution >= 0.6 is 11.3 Å². The Morgan fingerprint density at radius 2 is 2.38 bits per heavy atom. The number of amides is 1. The Kier molecular flexibility index (Phi) is 4.83. The van der Waals surface area contributed by atoms with Gasteiger partial charge in [0.2, 0.25) is 11.8 Å². The first-order valence-corrected chi connectivity index (χ1v) is 6.91. The summed E-state index contributed by atoms with van der Waals surface area (Å²) in [7, 11) is 0. The highest BCUT2D eigenvalue weighted by Gasteiger charge is 2.21. The topological polar surface area (TPSA) is 101 Å². The van der Waals surface area contributed by atoms with Crippen molar-refractivity contribution in [3.8, 4) is 5.88 Å². The fourth-order valence-corrected chi connectivity index (χ4v) is 2.65. The van der Waals surface area contributed by atoms with E-state index in [9.17, 15) is 14.7 Å². The fraction of sp³-hybridized carbons (Fsp3) is 0.231. The van der Waals surface area contributed by atoms with E-state index in [1.165, 1.54) is 30.0 Å². The molecule has 2 aromatic heterocycles. The standard InChI is InChI=1S/C13H13N3O4S/c1-8(18)16-11-4-9(2-3-14-11)10(5-20-7-17)12-13(19)15-6-21-12/h2-4,6-7,10,19H,5H2,1H3,(H,14,16,18). The van der Waals surface area contributed by atoms with Crippen LogP contribution in [0.4, 0.5) is 5.82 Å². The third-order valence-corrected chi connectivity index (χ3v) is 3.64. The van der Waals surface area contributed by atoms with E-state index in [1.54, 1.807) is 12.1 Å². The number of ether oxygens (including phenoxy) is 1. The van der Waals surface area contributed by atoms with Gasteiger partial charge in [-0.2, -0.15) is 0 Å². The first-order valence-electron chi connectivity index (χ1n) is 6.03. The summed E-state index contributed by atoms with van der Waals surface area (Å²) in [5, 5.41) is 12.3. The Hall–Kier alpha value is -2.48. The molecule has 2 aromatic rings. The highest BCUT2D eigenvalue weighted by molar-refractivity contribution is 7.10. The molecular weight excluding hydrogens is 294 g/mol. The number of rotatable bonds is 6. The van der Waals surface area contributed by atoms with E-state index in [0.717, 1.165) is 5.56 Å². The number of aromatic hydroxyl groups is 1. The van der Waals surface area contributed by atoms with Crippen LogP contribution in [0, 0.1) is 0 Å². The lowest BCUT2D eigenvalue weighted by Crippen LogP contribution is -2.11. The molecule has 0 aliphatic carbocycles. The van der Waals surface area contributed by atoms with Gasteiger partial charge in [0.05, 0.1) is 16.3 Å². The SMILES string of the molecule is CC(=O)Nc1cc(C(COC=O)c2scnc2O)ccn1. The predicted octanol–water partition coefficient (Wildman–Crippen LogP) is 1.51. The van der Waals surface area contributed by atoms with Crippen molar-refractivity contribution in [1.29, 1.82) is 0 Å². The van der Waals surface area contributed by atoms with Crippen LogP contribution in [0.15, 0.2) is 23.8 Å². The zero-order valence-corrected chi connectivity index (χ0v) is 12.0. The number of carbonyl (C=O) groups excluding carboxylic acids is 2. The number of hydrogen-bond acceptors (Lipinski definition) is 7. The monoisotopic (exact) mass is 307 g/mol. The molecule has 0 radical (unpaired) electrons. The molecule has 1 amide bonds. The van der Waals surface area contributed by atoms with Gasteiger partial charge in [-0.25, -0.2) is 9.97 Å². The van der Waals surface area contributed by atoms with Gasteiger partial charge < -0.3 is 15.2 Å². The minimum absolute atomic E-state index is 0.0583. The van der Waals surface area contributed by atoms with Crippen molar-refractivity contribution < 1.29 is 19.4 Å². The van der Waals surface area contributed by atoms with Gasteiger partial charge in [0.1, 0.15) is 12.4 Å². The number of nitrogens with one attached hydrogen (secondary N) is 1. The summed E-state index contributed by atoms with van der Waals surface area (Å²) in [5.74, 6) is -0.323. The van der Waals surface area contributed by atoms with Crippen LogP contribution in [-0.2, 0) is 14.3 Å². The second kappa shape index (κ2) is 6.80. The van der Waals surface area contributed by atoms with E-state index in [-0.39, 0.29) is 24.3 Å². The lowest BCUT2D eigenvalue weighted by Gasteiger charge is -2.15. The van der Waals surface area contributed by atoms with Gasteiger partial charge in [-0.15, -0.1) is 11.3 Å². The third kappa shape index (κ3) is 3.76. The first-order chi connectivity index (χ1) is 10.1. The van der Waals surface area contributed by atoms with E-state index >= 15 is 0 Å². The van der Waals surface area contributed by atoms with E-state index in [0.29, 0.717) is 17.2 Å². The second-order valence-electron chi connectivity index (χ2n) is 4.18. The molecule has 8 heteroatoms. The maximum absolute atomic E-state index is 11.1. The third-order valence-electron chi connectivity index (χ3n) is 2.71. The van der Waals surface area contributed by atoms with Crippen LogP contribution in [0.5, 0.6) is 5.88 Å². The van der Waals surface area contributed by atoms with Crippen LogP contribution in [0.2, 0.25) is 0 Å². The lowest BCUT2D eigenvalue weighted by atomic mass is 9.99. The molecular formula is C13H13N3O4S. The molecule has 2 rings (SSSR count). The molecule has 0 aliphatic rings. The van der Waals surface area contributed by atoms with Crippen LogP contribution in [0.3, 0.4) is 0 Å². The Morgan fingerprint density at radius 3 is 3.00 bits per heavy atom. The van der Waals surface area contributed by atoms with Crippen molar-refractivity contribution in [2.24, 2.45) is 0 Å². The van der Waals surface area contributed by atoms with E-state index in [4.69, 9.17) is 4.74 Å². The molecule has 2 N–H and O–H groups in total. The number of hydrogen-bond donors (Lipinski definition) is 2. The van der Waals surface area contributed by atoms with Gasteiger partial charge in [-0.1, -0.05) is 0 Å². The maximum atomic E-state index is 11.1. The Bertz CT molecular complexity index is 644. The summed E-state index contributed by atoms with van der Waals surface area (Å²) in [4.78, 5) is 29.9. The van der Waals surface area contributed by atoms with E-state index < -0.39 is 0 Å². The van der Waals surface area contributed by atoms with Crippen molar-refractivity contribution in [2.75, 3.05) is 11.9 Å². The first kappa shape index (κ1) is 14.9. The molecule has 0 fully saturated rings. The molecule has 0 saturated heterocycles. The van der Waals surface area contributed by atoms with Crippen LogP contribution in [0.25, 0.3) is 0 Å². The molecule has 0 bridgehead atoms. The summed E-state index contributed by atoms with van der Waals surface area (Å²) in [6, 6.07) is 3.39. The smallest absolute Gasteiger partial charge is 0.293 e. The largest absolute Gasteiger partial charge is 0.492 e. The highest BCUT2D eigenvalue weighted by Crippen LogP contribution is 2.34. The predicted molar refractivity (Wildman–Crippen MR) is 76.2 cm³/mol. The van der Waals surface area contributed by atoms with E-state index in [1.807, 2.05) is 0 Å². The van der Waals surface area contributed by atoms with Gasteiger partial charge in [0.15, 0.2) is 0 Å². The molecule has 0 spiro atoms. The number of aromatic nitrogens is 2. The molecule has 1 atom stereocenters. The van der Waals surface area contributed by atoms with Crippen molar-refractivity contribution in [1.82, 2.24) is 9.97 Å². The summed E-state index contributed by atoms with van der Waals surface area (Å²) < 4.78 is 4.83. The number of thiazole rings is 1. The minimum Gasteiger partial charge on any atom is -0.492 e. The van der Waals surface area contributed by atoms with Crippen molar-refractivity contribution in [3.05, 3.63) is 34.3 Å². The number of nitrogens with zero attached hydrogens (tertiary/aromatic N) is 2. The molecule has 0 aliphatic heterocycles. The number of anilines is 1. The molecule has 0 saturated carbocycles. The lowest BCUT2D eigenvalue weighted by molar-refractivity contribution is -0.129. The van der Waals surface area contributed by atoms with Gasteiger partial charge in [0, 0.05) is 13.1 Å². The molecule has 0 aromatic carbocycles. The Morgan fingerprint density at radius 1 is 1.57 bits per heavy atom. The Labute approximate surface area is 124 Å². The summed E-state index contributed by atoms with van der Waals surface area (Å²) in [6.45, 7) is 1.79. The molecule has 110 valence electrons. The van der Waals surface area contributed by atoms with Crippen LogP contribution in [-0.4, -0.2) is 34.1 Å². The van der Waals surface area contributed by atoms with Crippen molar-refractivity contribution in [2.45, 2.75) is 12.8 Å². The molecule has 7 nitrogen and oxygen atoms in total. The minimum atomic E-state index is -0.377. The van der Waals surface area contributed by atoms with E-state index in [2.05, 4.69) is 15.3 Å². The Balaban J connectivity index is 2.34.